The van der Waals surface area contributed by atoms with Gasteiger partial charge in [0.2, 0.25) is 0 Å². The fraction of sp³-hybridized carbons (Fsp3) is 0.265. The van der Waals surface area contributed by atoms with E-state index < -0.39 is 0 Å². The molecule has 4 heteroatoms. The fourth-order valence-electron chi connectivity index (χ4n) is 7.21. The summed E-state index contributed by atoms with van der Waals surface area (Å²) in [5.74, 6) is 3.14. The van der Waals surface area contributed by atoms with Gasteiger partial charge in [0, 0.05) is 52.8 Å². The zero-order valence-electron chi connectivity index (χ0n) is 21.3. The number of fused-ring (bicyclic) bond motifs is 8. The van der Waals surface area contributed by atoms with Gasteiger partial charge in [-0.25, -0.2) is 0 Å². The SMILES string of the molecule is C1=CC2C(CC1)OC1=CCCC=C1C21c2ccc(C3=CCCN3)cc2Oc2cc(-c3ccncc3)ccc21. The molecular formula is C34H30N2O2. The molecule has 4 heterocycles. The van der Waals surface area contributed by atoms with E-state index in [9.17, 15) is 0 Å². The zero-order chi connectivity index (χ0) is 25.1. The lowest BCUT2D eigenvalue weighted by atomic mass is 9.55. The van der Waals surface area contributed by atoms with E-state index in [2.05, 4.69) is 89.2 Å². The van der Waals surface area contributed by atoms with Crippen molar-refractivity contribution in [3.63, 3.8) is 0 Å². The van der Waals surface area contributed by atoms with Gasteiger partial charge in [-0.3, -0.25) is 4.98 Å². The summed E-state index contributed by atoms with van der Waals surface area (Å²) in [4.78, 5) is 4.22. The normalized spacial score (nSPS) is 26.4. The van der Waals surface area contributed by atoms with Crippen LogP contribution in [-0.2, 0) is 10.2 Å². The Morgan fingerprint density at radius 2 is 1.58 bits per heavy atom. The highest BCUT2D eigenvalue weighted by Crippen LogP contribution is 2.62. The Labute approximate surface area is 223 Å². The molecule has 3 aliphatic heterocycles. The summed E-state index contributed by atoms with van der Waals surface area (Å²) >= 11 is 0. The smallest absolute Gasteiger partial charge is 0.132 e. The van der Waals surface area contributed by atoms with Crippen molar-refractivity contribution in [1.29, 1.82) is 0 Å². The third-order valence-corrected chi connectivity index (χ3v) is 8.84. The zero-order valence-corrected chi connectivity index (χ0v) is 21.3. The Morgan fingerprint density at radius 3 is 2.39 bits per heavy atom. The molecule has 38 heavy (non-hydrogen) atoms. The largest absolute Gasteiger partial charge is 0.490 e. The minimum Gasteiger partial charge on any atom is -0.490 e. The predicted molar refractivity (Wildman–Crippen MR) is 150 cm³/mol. The van der Waals surface area contributed by atoms with Crippen LogP contribution in [0.25, 0.3) is 16.8 Å². The second-order valence-corrected chi connectivity index (χ2v) is 10.9. The molecule has 1 spiro atoms. The van der Waals surface area contributed by atoms with E-state index in [0.29, 0.717) is 0 Å². The van der Waals surface area contributed by atoms with Crippen molar-refractivity contribution in [2.75, 3.05) is 6.54 Å². The van der Waals surface area contributed by atoms with Gasteiger partial charge in [0.05, 0.1) is 5.41 Å². The fourth-order valence-corrected chi connectivity index (χ4v) is 7.21. The first kappa shape index (κ1) is 22.0. The molecule has 3 unspecified atom stereocenters. The average molecular weight is 499 g/mol. The minimum atomic E-state index is -0.359. The van der Waals surface area contributed by atoms with Crippen LogP contribution >= 0.6 is 0 Å². The van der Waals surface area contributed by atoms with E-state index in [1.807, 2.05) is 12.4 Å². The molecule has 5 aliphatic rings. The standard InChI is InChI=1S/C34H30N2O2/c1-3-9-30-25(6-1)34(26-7-2-4-10-31(26)37-30)27-13-11-23(22-15-18-35-19-16-22)20-32(27)38-33-21-24(12-14-28(33)34)29-8-5-17-36-29/h1,6-8,10-16,18-21,25,30,36H,2-5,9,17H2. The molecule has 0 saturated carbocycles. The number of benzene rings is 2. The van der Waals surface area contributed by atoms with Gasteiger partial charge in [0.15, 0.2) is 0 Å². The third kappa shape index (κ3) is 3.13. The lowest BCUT2D eigenvalue weighted by molar-refractivity contribution is 0.0225. The minimum absolute atomic E-state index is 0.138. The topological polar surface area (TPSA) is 43.4 Å². The van der Waals surface area contributed by atoms with E-state index in [1.165, 1.54) is 28.0 Å². The van der Waals surface area contributed by atoms with Gasteiger partial charge in [0.25, 0.3) is 0 Å². The number of allylic oxidation sites excluding steroid dienone is 4. The first-order valence-electron chi connectivity index (χ1n) is 13.9. The van der Waals surface area contributed by atoms with E-state index in [4.69, 9.17) is 9.47 Å². The molecule has 188 valence electrons. The summed E-state index contributed by atoms with van der Waals surface area (Å²) in [5, 5.41) is 3.54. The number of nitrogens with zero attached hydrogens (tertiary/aromatic N) is 1. The van der Waals surface area contributed by atoms with Crippen LogP contribution in [0, 0.1) is 5.92 Å². The van der Waals surface area contributed by atoms with Crippen molar-refractivity contribution in [2.24, 2.45) is 5.92 Å². The number of hydrogen-bond acceptors (Lipinski definition) is 4. The molecule has 4 nitrogen and oxygen atoms in total. The van der Waals surface area contributed by atoms with Crippen LogP contribution in [0.5, 0.6) is 11.5 Å². The Hall–Kier alpha value is -4.05. The van der Waals surface area contributed by atoms with Crippen molar-refractivity contribution < 1.29 is 9.47 Å². The van der Waals surface area contributed by atoms with Crippen molar-refractivity contribution in [3.05, 3.63) is 119 Å². The Balaban J connectivity index is 1.41. The predicted octanol–water partition coefficient (Wildman–Crippen LogP) is 7.44. The van der Waals surface area contributed by atoms with Gasteiger partial charge < -0.3 is 14.8 Å². The molecule has 8 rings (SSSR count). The second kappa shape index (κ2) is 8.49. The summed E-state index contributed by atoms with van der Waals surface area (Å²) in [7, 11) is 0. The van der Waals surface area contributed by atoms with Gasteiger partial charge in [-0.15, -0.1) is 0 Å². The monoisotopic (exact) mass is 498 g/mol. The molecule has 0 bridgehead atoms. The van der Waals surface area contributed by atoms with Crippen molar-refractivity contribution >= 4 is 5.70 Å². The molecule has 2 aromatic carbocycles. The summed E-state index contributed by atoms with van der Waals surface area (Å²) in [6, 6.07) is 17.7. The highest BCUT2D eigenvalue weighted by Gasteiger charge is 2.57. The highest BCUT2D eigenvalue weighted by atomic mass is 16.5. The van der Waals surface area contributed by atoms with E-state index in [0.717, 1.165) is 67.0 Å². The van der Waals surface area contributed by atoms with Gasteiger partial charge in [0.1, 0.15) is 23.4 Å². The number of rotatable bonds is 2. The molecule has 1 fully saturated rings. The van der Waals surface area contributed by atoms with Crippen LogP contribution < -0.4 is 10.1 Å². The van der Waals surface area contributed by atoms with Crippen molar-refractivity contribution in [1.82, 2.24) is 10.3 Å². The molecule has 1 N–H and O–H groups in total. The highest BCUT2D eigenvalue weighted by molar-refractivity contribution is 5.75. The lowest BCUT2D eigenvalue weighted by Gasteiger charge is -2.54. The maximum absolute atomic E-state index is 6.84. The Morgan fingerprint density at radius 1 is 0.789 bits per heavy atom. The lowest BCUT2D eigenvalue weighted by Crippen LogP contribution is -2.51. The number of hydrogen-bond donors (Lipinski definition) is 1. The number of aromatic nitrogens is 1. The molecule has 1 aromatic heterocycles. The van der Waals surface area contributed by atoms with E-state index in [-0.39, 0.29) is 17.4 Å². The van der Waals surface area contributed by atoms with Crippen LogP contribution in [0.1, 0.15) is 48.8 Å². The van der Waals surface area contributed by atoms with Crippen molar-refractivity contribution in [3.8, 4) is 22.6 Å². The first-order valence-corrected chi connectivity index (χ1v) is 13.9. The van der Waals surface area contributed by atoms with Crippen LogP contribution in [0.2, 0.25) is 0 Å². The summed E-state index contributed by atoms with van der Waals surface area (Å²) < 4.78 is 13.6. The Kier molecular flexibility index (Phi) is 4.91. The molecule has 3 aromatic rings. The van der Waals surface area contributed by atoms with E-state index in [1.54, 1.807) is 0 Å². The van der Waals surface area contributed by atoms with Gasteiger partial charge in [-0.2, -0.15) is 0 Å². The Bertz CT molecular complexity index is 1560. The summed E-state index contributed by atoms with van der Waals surface area (Å²) in [6.07, 6.45) is 20.8. The van der Waals surface area contributed by atoms with Crippen LogP contribution in [0.4, 0.5) is 0 Å². The summed E-state index contributed by atoms with van der Waals surface area (Å²) in [5.41, 5.74) is 8.07. The van der Waals surface area contributed by atoms with Crippen LogP contribution in [-0.4, -0.2) is 17.6 Å². The second-order valence-electron chi connectivity index (χ2n) is 10.9. The van der Waals surface area contributed by atoms with Crippen molar-refractivity contribution in [2.45, 2.75) is 43.6 Å². The number of pyridine rings is 1. The quantitative estimate of drug-likeness (QED) is 0.373. The van der Waals surface area contributed by atoms with E-state index >= 15 is 0 Å². The molecule has 0 radical (unpaired) electrons. The summed E-state index contributed by atoms with van der Waals surface area (Å²) in [6.45, 7) is 0.988. The molecule has 2 aliphatic carbocycles. The molecular weight excluding hydrogens is 468 g/mol. The first-order chi connectivity index (χ1) is 18.8. The molecule has 3 atom stereocenters. The van der Waals surface area contributed by atoms with Crippen LogP contribution in [0.15, 0.2) is 103 Å². The number of nitrogens with one attached hydrogen (secondary N) is 1. The van der Waals surface area contributed by atoms with Gasteiger partial charge >= 0.3 is 0 Å². The molecule has 1 saturated heterocycles. The number of ether oxygens (including phenoxy) is 2. The maximum Gasteiger partial charge on any atom is 0.132 e. The van der Waals surface area contributed by atoms with Crippen LogP contribution in [0.3, 0.4) is 0 Å². The van der Waals surface area contributed by atoms with Gasteiger partial charge in [-0.05, 0) is 73.6 Å². The molecule has 0 amide bonds. The average Bonchev–Trinajstić information content (AvgIpc) is 3.52. The maximum atomic E-state index is 6.84. The van der Waals surface area contributed by atoms with Gasteiger partial charge in [-0.1, -0.05) is 48.6 Å². The third-order valence-electron chi connectivity index (χ3n) is 8.84.